The lowest BCUT2D eigenvalue weighted by atomic mass is 10.1. The van der Waals surface area contributed by atoms with Gasteiger partial charge in [-0.15, -0.1) is 0 Å². The molecule has 3 aromatic rings. The Balaban J connectivity index is 1.43. The Morgan fingerprint density at radius 2 is 1.89 bits per heavy atom. The van der Waals surface area contributed by atoms with Crippen LogP contribution >= 0.6 is 0 Å². The number of hydrogen-bond acceptors (Lipinski definition) is 3. The molecule has 2 saturated carbocycles. The first-order valence-electron chi connectivity index (χ1n) is 8.92. The molecule has 0 radical (unpaired) electrons. The van der Waals surface area contributed by atoms with Gasteiger partial charge in [-0.3, -0.25) is 4.79 Å². The van der Waals surface area contributed by atoms with E-state index in [1.165, 1.54) is 0 Å². The highest BCUT2D eigenvalue weighted by atomic mass is 19.3. The van der Waals surface area contributed by atoms with Crippen molar-refractivity contribution in [3.8, 4) is 17.1 Å². The second-order valence-electron chi connectivity index (χ2n) is 7.17. The molecule has 7 heteroatoms. The molecule has 2 heterocycles. The van der Waals surface area contributed by atoms with E-state index in [0.29, 0.717) is 30.0 Å². The lowest BCUT2D eigenvalue weighted by molar-refractivity contribution is 0.0647. The number of fused-ring (bicyclic) bond motifs is 1. The number of carbonyl (C=O) groups is 1. The number of halogens is 2. The largest absolute Gasteiger partial charge is 0.463 e. The monoisotopic (exact) mass is 369 g/mol. The summed E-state index contributed by atoms with van der Waals surface area (Å²) >= 11 is 0. The number of nitrogens with one attached hydrogen (secondary N) is 1. The molecule has 2 atom stereocenters. The number of nitrogens with zero attached hydrogens (tertiary/aromatic N) is 2. The summed E-state index contributed by atoms with van der Waals surface area (Å²) in [6, 6.07) is 14.3. The van der Waals surface area contributed by atoms with Crippen LogP contribution in [-0.2, 0) is 0 Å². The van der Waals surface area contributed by atoms with Crippen LogP contribution in [0, 0.1) is 11.8 Å². The number of amides is 1. The highest BCUT2D eigenvalue weighted by molar-refractivity contribution is 5.94. The molecule has 2 aromatic heterocycles. The SMILES string of the molecule is O=C(NC1CC2C(C1)C2(F)F)c1cc(-c2ccco2)nn1-c1ccccc1. The molecule has 0 bridgehead atoms. The van der Waals surface area contributed by atoms with Gasteiger partial charge >= 0.3 is 0 Å². The molecule has 5 rings (SSSR count). The summed E-state index contributed by atoms with van der Waals surface area (Å²) < 4.78 is 33.7. The molecular formula is C20H17F2N3O2. The smallest absolute Gasteiger partial charge is 0.270 e. The summed E-state index contributed by atoms with van der Waals surface area (Å²) in [5, 5.41) is 7.41. The molecule has 1 N–H and O–H groups in total. The van der Waals surface area contributed by atoms with E-state index in [4.69, 9.17) is 4.42 Å². The van der Waals surface area contributed by atoms with Crippen molar-refractivity contribution in [1.29, 1.82) is 0 Å². The molecule has 0 aliphatic heterocycles. The van der Waals surface area contributed by atoms with Crippen LogP contribution < -0.4 is 5.32 Å². The van der Waals surface area contributed by atoms with E-state index in [1.807, 2.05) is 30.3 Å². The van der Waals surface area contributed by atoms with Crippen molar-refractivity contribution in [3.05, 3.63) is 60.5 Å². The average molecular weight is 369 g/mol. The lowest BCUT2D eigenvalue weighted by Gasteiger charge is -2.16. The number of hydrogen-bond donors (Lipinski definition) is 1. The Bertz CT molecular complexity index is 968. The molecule has 2 aliphatic carbocycles. The molecule has 0 spiro atoms. The van der Waals surface area contributed by atoms with Gasteiger partial charge in [0.25, 0.3) is 11.8 Å². The van der Waals surface area contributed by atoms with E-state index in [-0.39, 0.29) is 11.9 Å². The molecule has 0 saturated heterocycles. The van der Waals surface area contributed by atoms with Crippen molar-refractivity contribution < 1.29 is 18.0 Å². The number of alkyl halides is 2. The predicted octanol–water partition coefficient (Wildman–Crippen LogP) is 3.91. The van der Waals surface area contributed by atoms with Gasteiger partial charge in [0.15, 0.2) is 5.76 Å². The summed E-state index contributed by atoms with van der Waals surface area (Å²) in [5.74, 6) is -3.47. The van der Waals surface area contributed by atoms with Gasteiger partial charge in [0, 0.05) is 23.9 Å². The molecule has 138 valence electrons. The van der Waals surface area contributed by atoms with Gasteiger partial charge in [0.2, 0.25) is 0 Å². The summed E-state index contributed by atoms with van der Waals surface area (Å²) in [4.78, 5) is 12.9. The van der Waals surface area contributed by atoms with Gasteiger partial charge in [0.1, 0.15) is 11.4 Å². The fraction of sp³-hybridized carbons (Fsp3) is 0.300. The number of aromatic nitrogens is 2. The molecule has 1 amide bonds. The second-order valence-corrected chi connectivity index (χ2v) is 7.17. The second kappa shape index (κ2) is 5.77. The number of rotatable bonds is 4. The van der Waals surface area contributed by atoms with Gasteiger partial charge in [-0.1, -0.05) is 18.2 Å². The first kappa shape index (κ1) is 16.2. The summed E-state index contributed by atoms with van der Waals surface area (Å²) in [7, 11) is 0. The maximum absolute atomic E-state index is 13.4. The standard InChI is InChI=1S/C20H17F2N3O2/c21-20(22)14-9-12(10-15(14)20)23-19(26)17-11-16(18-7-4-8-27-18)24-25(17)13-5-2-1-3-6-13/h1-8,11-12,14-15H,9-10H2,(H,23,26). The average Bonchev–Trinajstić information content (AvgIpc) is 3.26. The van der Waals surface area contributed by atoms with E-state index in [0.717, 1.165) is 5.69 Å². The summed E-state index contributed by atoms with van der Waals surface area (Å²) in [6.07, 6.45) is 2.20. The number of furan rings is 1. The highest BCUT2D eigenvalue weighted by Gasteiger charge is 2.71. The van der Waals surface area contributed by atoms with Crippen LogP contribution in [0.25, 0.3) is 17.1 Å². The van der Waals surface area contributed by atoms with Crippen molar-refractivity contribution >= 4 is 5.91 Å². The Kier molecular flexibility index (Phi) is 3.47. The third-order valence-corrected chi connectivity index (χ3v) is 5.49. The molecular weight excluding hydrogens is 352 g/mol. The zero-order valence-electron chi connectivity index (χ0n) is 14.3. The van der Waals surface area contributed by atoms with Crippen LogP contribution in [0.2, 0.25) is 0 Å². The summed E-state index contributed by atoms with van der Waals surface area (Å²) in [6.45, 7) is 0. The van der Waals surface area contributed by atoms with Crippen molar-refractivity contribution in [2.24, 2.45) is 11.8 Å². The minimum absolute atomic E-state index is 0.224. The van der Waals surface area contributed by atoms with E-state index in [1.54, 1.807) is 29.1 Å². The number of para-hydroxylation sites is 1. The Hall–Kier alpha value is -2.96. The van der Waals surface area contributed by atoms with Crippen LogP contribution in [0.15, 0.2) is 59.2 Å². The minimum Gasteiger partial charge on any atom is -0.463 e. The van der Waals surface area contributed by atoms with E-state index < -0.39 is 17.8 Å². The zero-order valence-corrected chi connectivity index (χ0v) is 14.3. The quantitative estimate of drug-likeness (QED) is 0.759. The Labute approximate surface area is 154 Å². The van der Waals surface area contributed by atoms with Crippen molar-refractivity contribution in [2.75, 3.05) is 0 Å². The molecule has 27 heavy (non-hydrogen) atoms. The first-order valence-corrected chi connectivity index (χ1v) is 8.92. The van der Waals surface area contributed by atoms with Crippen molar-refractivity contribution in [3.63, 3.8) is 0 Å². The maximum atomic E-state index is 13.4. The third-order valence-electron chi connectivity index (χ3n) is 5.49. The molecule has 2 unspecified atom stereocenters. The maximum Gasteiger partial charge on any atom is 0.270 e. The molecule has 2 fully saturated rings. The summed E-state index contributed by atoms with van der Waals surface area (Å²) in [5.41, 5.74) is 1.62. The van der Waals surface area contributed by atoms with Crippen LogP contribution in [0.4, 0.5) is 8.78 Å². The highest BCUT2D eigenvalue weighted by Crippen LogP contribution is 2.64. The van der Waals surface area contributed by atoms with E-state index in [9.17, 15) is 13.6 Å². The van der Waals surface area contributed by atoms with Gasteiger partial charge in [-0.05, 0) is 37.1 Å². The van der Waals surface area contributed by atoms with Gasteiger partial charge < -0.3 is 9.73 Å². The fourth-order valence-corrected chi connectivity index (χ4v) is 4.04. The van der Waals surface area contributed by atoms with Crippen molar-refractivity contribution in [1.82, 2.24) is 15.1 Å². The molecule has 5 nitrogen and oxygen atoms in total. The topological polar surface area (TPSA) is 60.1 Å². The number of benzene rings is 1. The Morgan fingerprint density at radius 1 is 1.15 bits per heavy atom. The lowest BCUT2D eigenvalue weighted by Crippen LogP contribution is -2.36. The van der Waals surface area contributed by atoms with Gasteiger partial charge in [-0.2, -0.15) is 5.10 Å². The van der Waals surface area contributed by atoms with Crippen LogP contribution in [0.1, 0.15) is 23.3 Å². The first-order chi connectivity index (χ1) is 13.0. The molecule has 2 aliphatic rings. The number of carbonyl (C=O) groups excluding carboxylic acids is 1. The molecule has 1 aromatic carbocycles. The van der Waals surface area contributed by atoms with Gasteiger partial charge in [0.05, 0.1) is 12.0 Å². The van der Waals surface area contributed by atoms with Crippen LogP contribution in [0.3, 0.4) is 0 Å². The zero-order chi connectivity index (χ0) is 18.6. The minimum atomic E-state index is -2.54. The fourth-order valence-electron chi connectivity index (χ4n) is 4.04. The third kappa shape index (κ3) is 2.65. The van der Waals surface area contributed by atoms with E-state index in [2.05, 4.69) is 10.4 Å². The van der Waals surface area contributed by atoms with E-state index >= 15 is 0 Å². The van der Waals surface area contributed by atoms with Crippen molar-refractivity contribution in [2.45, 2.75) is 24.8 Å². The predicted molar refractivity (Wildman–Crippen MR) is 93.7 cm³/mol. The van der Waals surface area contributed by atoms with Crippen LogP contribution in [0.5, 0.6) is 0 Å². The Morgan fingerprint density at radius 3 is 2.56 bits per heavy atom. The van der Waals surface area contributed by atoms with Crippen LogP contribution in [-0.4, -0.2) is 27.7 Å². The van der Waals surface area contributed by atoms with Gasteiger partial charge in [-0.25, -0.2) is 13.5 Å². The normalized spacial score (nSPS) is 25.2.